The number of pyridine rings is 1. The lowest BCUT2D eigenvalue weighted by atomic mass is 9.89. The van der Waals surface area contributed by atoms with Gasteiger partial charge in [0.25, 0.3) is 5.91 Å². The molecule has 1 saturated heterocycles. The van der Waals surface area contributed by atoms with Gasteiger partial charge < -0.3 is 15.5 Å². The molecule has 186 valence electrons. The number of rotatable bonds is 8. The summed E-state index contributed by atoms with van der Waals surface area (Å²) in [5, 5.41) is 6.83. The number of nitrogens with zero attached hydrogens (tertiary/aromatic N) is 3. The molecule has 1 saturated carbocycles. The summed E-state index contributed by atoms with van der Waals surface area (Å²) in [6.45, 7) is 5.12. The Hall–Kier alpha value is -2.70. The minimum atomic E-state index is -0.0850. The van der Waals surface area contributed by atoms with Gasteiger partial charge in [-0.3, -0.25) is 9.69 Å². The van der Waals surface area contributed by atoms with Gasteiger partial charge in [0.2, 0.25) is 0 Å². The van der Waals surface area contributed by atoms with Gasteiger partial charge in [0.15, 0.2) is 5.82 Å². The van der Waals surface area contributed by atoms with E-state index in [2.05, 4.69) is 37.6 Å². The van der Waals surface area contributed by atoms with Crippen LogP contribution in [0, 0.1) is 5.92 Å². The number of piperidine rings is 1. The minimum absolute atomic E-state index is 0.0850. The molecule has 2 aromatic rings. The fourth-order valence-electron chi connectivity index (χ4n) is 5.87. The van der Waals surface area contributed by atoms with E-state index in [1.165, 1.54) is 64.5 Å². The van der Waals surface area contributed by atoms with Crippen LogP contribution >= 0.6 is 0 Å². The van der Waals surface area contributed by atoms with Gasteiger partial charge in [0.1, 0.15) is 0 Å². The first kappa shape index (κ1) is 24.0. The van der Waals surface area contributed by atoms with E-state index in [1.54, 1.807) is 6.20 Å². The zero-order chi connectivity index (χ0) is 23.9. The highest BCUT2D eigenvalue weighted by Crippen LogP contribution is 2.35. The van der Waals surface area contributed by atoms with Crippen molar-refractivity contribution >= 4 is 23.1 Å². The number of anilines is 3. The Morgan fingerprint density at radius 2 is 1.77 bits per heavy atom. The molecular formula is C29H39N5O. The molecule has 1 aliphatic carbocycles. The van der Waals surface area contributed by atoms with E-state index in [0.29, 0.717) is 18.2 Å². The fourth-order valence-corrected chi connectivity index (χ4v) is 5.87. The predicted octanol–water partition coefficient (Wildman–Crippen LogP) is 5.37. The Morgan fingerprint density at radius 3 is 2.69 bits per heavy atom. The molecule has 2 aliphatic heterocycles. The molecule has 3 aliphatic rings. The second kappa shape index (κ2) is 11.8. The average Bonchev–Trinajstić information content (AvgIpc) is 3.02. The van der Waals surface area contributed by atoms with E-state index in [1.807, 2.05) is 36.4 Å². The van der Waals surface area contributed by atoms with Crippen molar-refractivity contribution in [2.75, 3.05) is 42.9 Å². The van der Waals surface area contributed by atoms with Crippen molar-refractivity contribution in [3.63, 3.8) is 0 Å². The van der Waals surface area contributed by atoms with Crippen LogP contribution in [0.4, 0.5) is 17.2 Å². The number of carbonyl (C=O) groups excluding carboxylic acids is 1. The van der Waals surface area contributed by atoms with Crippen LogP contribution in [0.5, 0.6) is 0 Å². The molecule has 0 radical (unpaired) electrons. The van der Waals surface area contributed by atoms with Crippen molar-refractivity contribution in [2.24, 2.45) is 5.92 Å². The summed E-state index contributed by atoms with van der Waals surface area (Å²) < 4.78 is 0. The van der Waals surface area contributed by atoms with Crippen LogP contribution in [-0.2, 0) is 0 Å². The van der Waals surface area contributed by atoms with E-state index in [9.17, 15) is 4.79 Å². The first-order valence-corrected chi connectivity index (χ1v) is 13.5. The van der Waals surface area contributed by atoms with E-state index in [0.717, 1.165) is 36.2 Å². The Kier molecular flexibility index (Phi) is 8.11. The Balaban J connectivity index is 1.21. The first-order chi connectivity index (χ1) is 17.3. The number of hydrogen-bond acceptors (Lipinski definition) is 5. The smallest absolute Gasteiger partial charge is 0.257 e. The van der Waals surface area contributed by atoms with Crippen molar-refractivity contribution < 1.29 is 4.79 Å². The van der Waals surface area contributed by atoms with Crippen molar-refractivity contribution in [2.45, 2.75) is 57.4 Å². The third-order valence-corrected chi connectivity index (χ3v) is 7.81. The van der Waals surface area contributed by atoms with Gasteiger partial charge in [-0.1, -0.05) is 50.0 Å². The summed E-state index contributed by atoms with van der Waals surface area (Å²) in [5.74, 6) is 1.59. The van der Waals surface area contributed by atoms with Crippen molar-refractivity contribution in [1.82, 2.24) is 15.2 Å². The fraction of sp³-hybridized carbons (Fsp3) is 0.517. The molecular weight excluding hydrogens is 434 g/mol. The van der Waals surface area contributed by atoms with Crippen LogP contribution in [-0.4, -0.2) is 54.6 Å². The van der Waals surface area contributed by atoms with E-state index in [4.69, 9.17) is 0 Å². The van der Waals surface area contributed by atoms with E-state index in [-0.39, 0.29) is 5.91 Å². The van der Waals surface area contributed by atoms with Gasteiger partial charge in [0.05, 0.1) is 16.9 Å². The van der Waals surface area contributed by atoms with E-state index >= 15 is 0 Å². The van der Waals surface area contributed by atoms with Crippen LogP contribution in [0.3, 0.4) is 0 Å². The number of amides is 1. The van der Waals surface area contributed by atoms with E-state index < -0.39 is 0 Å². The Labute approximate surface area is 209 Å². The van der Waals surface area contributed by atoms with Gasteiger partial charge in [-0.15, -0.1) is 0 Å². The molecule has 1 amide bonds. The molecule has 1 aromatic heterocycles. The monoisotopic (exact) mass is 473 g/mol. The van der Waals surface area contributed by atoms with Gasteiger partial charge in [-0.05, 0) is 69.0 Å². The Bertz CT molecular complexity index is 1020. The predicted molar refractivity (Wildman–Crippen MR) is 143 cm³/mol. The average molecular weight is 474 g/mol. The zero-order valence-corrected chi connectivity index (χ0v) is 20.8. The summed E-state index contributed by atoms with van der Waals surface area (Å²) in [7, 11) is 0. The van der Waals surface area contributed by atoms with Crippen LogP contribution in [0.1, 0.15) is 61.7 Å². The van der Waals surface area contributed by atoms with Crippen LogP contribution in [0.2, 0.25) is 0 Å². The highest BCUT2D eigenvalue weighted by atomic mass is 16.1. The number of hydrogen-bond donors (Lipinski definition) is 2. The maximum atomic E-state index is 12.8. The maximum absolute atomic E-state index is 12.8. The molecule has 6 nitrogen and oxygen atoms in total. The van der Waals surface area contributed by atoms with Crippen LogP contribution < -0.4 is 15.5 Å². The first-order valence-electron chi connectivity index (χ1n) is 13.5. The quantitative estimate of drug-likeness (QED) is 0.505. The molecule has 2 N–H and O–H groups in total. The summed E-state index contributed by atoms with van der Waals surface area (Å²) in [5.41, 5.74) is 2.33. The van der Waals surface area contributed by atoms with Gasteiger partial charge >= 0.3 is 0 Å². The van der Waals surface area contributed by atoms with Crippen LogP contribution in [0.15, 0.2) is 54.7 Å². The van der Waals surface area contributed by atoms with Crippen molar-refractivity contribution in [1.29, 1.82) is 0 Å². The lowest BCUT2D eigenvalue weighted by Gasteiger charge is -2.35. The maximum Gasteiger partial charge on any atom is 0.257 e. The molecule has 1 aromatic carbocycles. The number of aromatic nitrogens is 1. The number of likely N-dealkylation sites (tertiary alicyclic amines) is 1. The molecule has 35 heavy (non-hydrogen) atoms. The Morgan fingerprint density at radius 1 is 0.943 bits per heavy atom. The highest BCUT2D eigenvalue weighted by molar-refractivity contribution is 6.12. The number of para-hydroxylation sites is 1. The molecule has 0 spiro atoms. The second-order valence-corrected chi connectivity index (χ2v) is 10.2. The summed E-state index contributed by atoms with van der Waals surface area (Å²) >= 11 is 0. The van der Waals surface area contributed by atoms with Gasteiger partial charge in [0, 0.05) is 31.9 Å². The van der Waals surface area contributed by atoms with Crippen LogP contribution in [0.25, 0.3) is 0 Å². The molecule has 3 heterocycles. The highest BCUT2D eigenvalue weighted by Gasteiger charge is 2.25. The second-order valence-electron chi connectivity index (χ2n) is 10.2. The molecule has 6 heteroatoms. The lowest BCUT2D eigenvalue weighted by Crippen LogP contribution is -2.46. The summed E-state index contributed by atoms with van der Waals surface area (Å²) in [4.78, 5) is 22.2. The minimum Gasteiger partial charge on any atom is -0.320 e. The SMILES string of the molecule is O=C1Nc2cccnc2N(CC=CCN2CCCCC2CNCC2CCCCC2)c2ccccc21. The van der Waals surface area contributed by atoms with Crippen molar-refractivity contribution in [3.8, 4) is 0 Å². The topological polar surface area (TPSA) is 60.5 Å². The molecule has 2 fully saturated rings. The largest absolute Gasteiger partial charge is 0.320 e. The zero-order valence-electron chi connectivity index (χ0n) is 20.8. The molecule has 5 rings (SSSR count). The molecule has 1 atom stereocenters. The lowest BCUT2D eigenvalue weighted by molar-refractivity contribution is 0.102. The number of fused-ring (bicyclic) bond motifs is 2. The normalized spacial score (nSPS) is 21.4. The van der Waals surface area contributed by atoms with Crippen molar-refractivity contribution in [3.05, 3.63) is 60.3 Å². The number of carbonyl (C=O) groups is 1. The third kappa shape index (κ3) is 5.93. The third-order valence-electron chi connectivity index (χ3n) is 7.81. The molecule has 0 bridgehead atoms. The molecule has 1 unspecified atom stereocenters. The number of benzene rings is 1. The number of nitrogens with one attached hydrogen (secondary N) is 2. The van der Waals surface area contributed by atoms with Gasteiger partial charge in [-0.25, -0.2) is 4.98 Å². The summed E-state index contributed by atoms with van der Waals surface area (Å²) in [6.07, 6.45) is 17.3. The summed E-state index contributed by atoms with van der Waals surface area (Å²) in [6, 6.07) is 12.2. The van der Waals surface area contributed by atoms with Gasteiger partial charge in [-0.2, -0.15) is 0 Å². The standard InChI is InChI=1S/C29H39N5O/c35-29-25-14-4-5-16-27(25)34(28-26(32-29)15-10-17-31-28)20-9-8-19-33-18-7-6-13-24(33)22-30-21-23-11-2-1-3-12-23/h4-5,8-10,14-17,23-24,30H,1-3,6-7,11-13,18-22H2,(H,32,35).